The Bertz CT molecular complexity index is 602. The second-order valence-electron chi connectivity index (χ2n) is 3.95. The highest BCUT2D eigenvalue weighted by atomic mass is 79.9. The third kappa shape index (κ3) is 3.23. The molecule has 1 N–H and O–H groups in total. The summed E-state index contributed by atoms with van der Waals surface area (Å²) in [5, 5.41) is 11.5. The van der Waals surface area contributed by atoms with Crippen LogP contribution in [0.3, 0.4) is 0 Å². The number of aliphatic hydroxyl groups excluding tert-OH is 1. The van der Waals surface area contributed by atoms with E-state index in [1.54, 1.807) is 37.4 Å². The van der Waals surface area contributed by atoms with Crippen LogP contribution in [0.15, 0.2) is 40.9 Å². The van der Waals surface area contributed by atoms with E-state index < -0.39 is 6.10 Å². The fourth-order valence-electron chi connectivity index (χ4n) is 1.81. The largest absolute Gasteiger partial charge is 0.496 e. The van der Waals surface area contributed by atoms with Crippen LogP contribution in [0.2, 0.25) is 10.0 Å². The lowest BCUT2D eigenvalue weighted by molar-refractivity contribution is 0.215. The molecule has 0 aliphatic rings. The summed E-state index contributed by atoms with van der Waals surface area (Å²) < 4.78 is 6.10. The first-order valence-electron chi connectivity index (χ1n) is 5.49. The Labute approximate surface area is 130 Å². The smallest absolute Gasteiger partial charge is 0.125 e. The van der Waals surface area contributed by atoms with E-state index in [4.69, 9.17) is 27.9 Å². The highest BCUT2D eigenvalue weighted by Gasteiger charge is 2.18. The summed E-state index contributed by atoms with van der Waals surface area (Å²) in [5.74, 6) is 0.590. The fraction of sp³-hybridized carbons (Fsp3) is 0.143. The molecular weight excluding hydrogens is 351 g/mol. The summed E-state index contributed by atoms with van der Waals surface area (Å²) in [5.41, 5.74) is 1.17. The number of hydrogen-bond donors (Lipinski definition) is 1. The third-order valence-corrected chi connectivity index (χ3v) is 3.81. The summed E-state index contributed by atoms with van der Waals surface area (Å²) in [6.07, 6.45) is -0.904. The number of ether oxygens (including phenoxy) is 1. The van der Waals surface area contributed by atoms with Crippen molar-refractivity contribution in [3.63, 3.8) is 0 Å². The van der Waals surface area contributed by atoms with E-state index >= 15 is 0 Å². The van der Waals surface area contributed by atoms with Crippen LogP contribution < -0.4 is 4.74 Å². The van der Waals surface area contributed by atoms with Gasteiger partial charge in [0.15, 0.2) is 0 Å². The van der Waals surface area contributed by atoms with Gasteiger partial charge in [-0.15, -0.1) is 0 Å². The molecule has 2 nitrogen and oxygen atoms in total. The lowest BCUT2D eigenvalue weighted by Gasteiger charge is -2.17. The maximum Gasteiger partial charge on any atom is 0.125 e. The van der Waals surface area contributed by atoms with Crippen LogP contribution in [-0.2, 0) is 0 Å². The Hall–Kier alpha value is -0.740. The number of benzene rings is 2. The monoisotopic (exact) mass is 360 g/mol. The molecule has 2 aromatic carbocycles. The summed E-state index contributed by atoms with van der Waals surface area (Å²) in [6, 6.07) is 10.4. The first kappa shape index (κ1) is 14.7. The van der Waals surface area contributed by atoms with Crippen molar-refractivity contribution in [3.05, 3.63) is 62.0 Å². The number of hydrogen-bond acceptors (Lipinski definition) is 2. The van der Waals surface area contributed by atoms with E-state index in [0.717, 1.165) is 4.47 Å². The lowest BCUT2D eigenvalue weighted by atomic mass is 10.0. The molecule has 0 spiro atoms. The Morgan fingerprint density at radius 3 is 2.53 bits per heavy atom. The zero-order chi connectivity index (χ0) is 14.0. The normalized spacial score (nSPS) is 12.3. The molecule has 0 saturated carbocycles. The molecule has 1 atom stereocenters. The maximum atomic E-state index is 10.5. The van der Waals surface area contributed by atoms with Crippen molar-refractivity contribution in [2.24, 2.45) is 0 Å². The van der Waals surface area contributed by atoms with E-state index in [0.29, 0.717) is 26.9 Å². The Kier molecular flexibility index (Phi) is 4.74. The highest BCUT2D eigenvalue weighted by molar-refractivity contribution is 9.10. The molecule has 0 aliphatic carbocycles. The predicted octanol–water partition coefficient (Wildman–Crippen LogP) is 4.85. The fourth-order valence-corrected chi connectivity index (χ4v) is 2.59. The molecule has 19 heavy (non-hydrogen) atoms. The van der Waals surface area contributed by atoms with Crippen LogP contribution in [0.5, 0.6) is 5.75 Å². The summed E-state index contributed by atoms with van der Waals surface area (Å²) in [7, 11) is 1.55. The minimum Gasteiger partial charge on any atom is -0.496 e. The number of rotatable bonds is 3. The molecule has 1 unspecified atom stereocenters. The summed E-state index contributed by atoms with van der Waals surface area (Å²) in [6.45, 7) is 0. The van der Waals surface area contributed by atoms with Gasteiger partial charge in [-0.25, -0.2) is 0 Å². The molecule has 0 heterocycles. The van der Waals surface area contributed by atoms with Gasteiger partial charge in [0.2, 0.25) is 0 Å². The van der Waals surface area contributed by atoms with Gasteiger partial charge in [0, 0.05) is 25.6 Å². The van der Waals surface area contributed by atoms with Crippen molar-refractivity contribution in [1.82, 2.24) is 0 Å². The average Bonchev–Trinajstić information content (AvgIpc) is 2.40. The molecule has 0 amide bonds. The maximum absolute atomic E-state index is 10.5. The molecule has 0 fully saturated rings. The van der Waals surface area contributed by atoms with Gasteiger partial charge in [0.25, 0.3) is 0 Å². The molecule has 2 aromatic rings. The molecular formula is C14H11BrCl2O2. The van der Waals surface area contributed by atoms with E-state index in [1.807, 2.05) is 6.07 Å². The summed E-state index contributed by atoms with van der Waals surface area (Å²) >= 11 is 15.4. The van der Waals surface area contributed by atoms with Crippen molar-refractivity contribution < 1.29 is 9.84 Å². The van der Waals surface area contributed by atoms with Crippen molar-refractivity contribution in [2.75, 3.05) is 7.11 Å². The molecule has 0 aromatic heterocycles. The van der Waals surface area contributed by atoms with Crippen molar-refractivity contribution in [3.8, 4) is 5.75 Å². The van der Waals surface area contributed by atoms with Crippen molar-refractivity contribution in [2.45, 2.75) is 6.10 Å². The van der Waals surface area contributed by atoms with Crippen LogP contribution >= 0.6 is 39.1 Å². The SMILES string of the molecule is COc1ccc(Br)cc1C(O)c1cc(Cl)ccc1Cl. The van der Waals surface area contributed by atoms with Gasteiger partial charge in [-0.3, -0.25) is 0 Å². The molecule has 2 rings (SSSR count). The highest BCUT2D eigenvalue weighted by Crippen LogP contribution is 2.36. The van der Waals surface area contributed by atoms with Crippen LogP contribution in [0.1, 0.15) is 17.2 Å². The van der Waals surface area contributed by atoms with E-state index in [-0.39, 0.29) is 0 Å². The van der Waals surface area contributed by atoms with Gasteiger partial charge in [0.1, 0.15) is 11.9 Å². The first-order chi connectivity index (χ1) is 9.02. The summed E-state index contributed by atoms with van der Waals surface area (Å²) in [4.78, 5) is 0. The van der Waals surface area contributed by atoms with Crippen molar-refractivity contribution in [1.29, 1.82) is 0 Å². The van der Waals surface area contributed by atoms with Gasteiger partial charge in [-0.2, -0.15) is 0 Å². The molecule has 5 heteroatoms. The van der Waals surface area contributed by atoms with Gasteiger partial charge in [-0.05, 0) is 36.4 Å². The topological polar surface area (TPSA) is 29.5 Å². The minimum atomic E-state index is -0.904. The number of aliphatic hydroxyl groups is 1. The van der Waals surface area contributed by atoms with Crippen LogP contribution in [0.25, 0.3) is 0 Å². The number of halogens is 3. The van der Waals surface area contributed by atoms with Gasteiger partial charge >= 0.3 is 0 Å². The Balaban J connectivity index is 2.51. The van der Waals surface area contributed by atoms with Gasteiger partial charge in [-0.1, -0.05) is 39.1 Å². The second-order valence-corrected chi connectivity index (χ2v) is 5.71. The van der Waals surface area contributed by atoms with E-state index in [1.165, 1.54) is 0 Å². The number of methoxy groups -OCH3 is 1. The van der Waals surface area contributed by atoms with Crippen LogP contribution in [0, 0.1) is 0 Å². The van der Waals surface area contributed by atoms with Crippen LogP contribution in [-0.4, -0.2) is 12.2 Å². The minimum absolute atomic E-state index is 0.457. The predicted molar refractivity (Wildman–Crippen MR) is 81.2 cm³/mol. The van der Waals surface area contributed by atoms with Crippen LogP contribution in [0.4, 0.5) is 0 Å². The zero-order valence-corrected chi connectivity index (χ0v) is 13.1. The third-order valence-electron chi connectivity index (χ3n) is 2.74. The Morgan fingerprint density at radius 2 is 1.84 bits per heavy atom. The molecule has 0 aliphatic heterocycles. The van der Waals surface area contributed by atoms with Gasteiger partial charge < -0.3 is 9.84 Å². The molecule has 0 saturated heterocycles. The zero-order valence-electron chi connectivity index (χ0n) is 10.0. The quantitative estimate of drug-likeness (QED) is 0.846. The van der Waals surface area contributed by atoms with Gasteiger partial charge in [0.05, 0.1) is 7.11 Å². The molecule has 100 valence electrons. The molecule has 0 radical (unpaired) electrons. The van der Waals surface area contributed by atoms with E-state index in [2.05, 4.69) is 15.9 Å². The molecule has 0 bridgehead atoms. The van der Waals surface area contributed by atoms with E-state index in [9.17, 15) is 5.11 Å². The first-order valence-corrected chi connectivity index (χ1v) is 7.04. The lowest BCUT2D eigenvalue weighted by Crippen LogP contribution is -2.03. The Morgan fingerprint density at radius 1 is 1.11 bits per heavy atom. The standard InChI is InChI=1S/C14H11BrCl2O2/c1-19-13-5-2-8(15)6-11(13)14(18)10-7-9(16)3-4-12(10)17/h2-7,14,18H,1H3. The average molecular weight is 362 g/mol. The second kappa shape index (κ2) is 6.14. The van der Waals surface area contributed by atoms with Crippen molar-refractivity contribution >= 4 is 39.1 Å².